The molecule has 146 valence electrons. The molecule has 0 spiro atoms. The van der Waals surface area contributed by atoms with Crippen molar-refractivity contribution in [2.45, 2.75) is 19.8 Å². The van der Waals surface area contributed by atoms with Gasteiger partial charge in [-0.25, -0.2) is 4.99 Å². The Labute approximate surface area is 173 Å². The predicted molar refractivity (Wildman–Crippen MR) is 112 cm³/mol. The highest BCUT2D eigenvalue weighted by Gasteiger charge is 2.27. The number of amidine groups is 1. The van der Waals surface area contributed by atoms with Gasteiger partial charge in [0, 0.05) is 28.3 Å². The van der Waals surface area contributed by atoms with Crippen molar-refractivity contribution in [1.82, 2.24) is 10.6 Å². The lowest BCUT2D eigenvalue weighted by molar-refractivity contribution is -0.117. The summed E-state index contributed by atoms with van der Waals surface area (Å²) in [6.07, 6.45) is 1.75. The summed E-state index contributed by atoms with van der Waals surface area (Å²) in [5.41, 5.74) is 1.81. The summed E-state index contributed by atoms with van der Waals surface area (Å²) in [6, 6.07) is 15.6. The van der Waals surface area contributed by atoms with Gasteiger partial charge in [0.25, 0.3) is 11.8 Å². The van der Waals surface area contributed by atoms with Gasteiger partial charge in [-0.15, -0.1) is 0 Å². The second kappa shape index (κ2) is 9.18. The summed E-state index contributed by atoms with van der Waals surface area (Å²) in [4.78, 5) is 29.5. The van der Waals surface area contributed by atoms with Crippen LogP contribution in [-0.2, 0) is 4.79 Å². The first-order chi connectivity index (χ1) is 14.0. The molecule has 0 saturated carbocycles. The maximum absolute atomic E-state index is 12.6. The van der Waals surface area contributed by atoms with E-state index < -0.39 is 5.91 Å². The average Bonchev–Trinajstić information content (AvgIpc) is 3.07. The number of benzene rings is 2. The number of halogens is 1. The van der Waals surface area contributed by atoms with Gasteiger partial charge in [0.05, 0.1) is 5.70 Å². The lowest BCUT2D eigenvalue weighted by Gasteiger charge is -2.06. The van der Waals surface area contributed by atoms with Crippen LogP contribution in [0.5, 0.6) is 0 Å². The van der Waals surface area contributed by atoms with Crippen molar-refractivity contribution in [2.24, 2.45) is 4.99 Å². The number of carbonyl (C=O) groups is 2. The molecule has 29 heavy (non-hydrogen) atoms. The third kappa shape index (κ3) is 4.53. The van der Waals surface area contributed by atoms with Gasteiger partial charge < -0.3 is 10.6 Å². The quantitative estimate of drug-likeness (QED) is 0.450. The second-order valence-corrected chi connectivity index (χ2v) is 6.85. The van der Waals surface area contributed by atoms with Crippen LogP contribution in [0.4, 0.5) is 0 Å². The van der Waals surface area contributed by atoms with Gasteiger partial charge in [0.15, 0.2) is 0 Å². The maximum Gasteiger partial charge on any atom is 0.264 e. The van der Waals surface area contributed by atoms with Gasteiger partial charge in [-0.2, -0.15) is 5.26 Å². The summed E-state index contributed by atoms with van der Waals surface area (Å²) in [7, 11) is 0. The lowest BCUT2D eigenvalue weighted by Crippen LogP contribution is -2.30. The molecule has 0 aliphatic carbocycles. The first-order valence-corrected chi connectivity index (χ1v) is 9.61. The van der Waals surface area contributed by atoms with E-state index in [4.69, 9.17) is 11.6 Å². The number of unbranched alkanes of at least 4 members (excludes halogenated alkanes) is 1. The molecule has 0 unspecified atom stereocenters. The molecule has 0 bridgehead atoms. The zero-order valence-corrected chi connectivity index (χ0v) is 16.6. The number of rotatable bonds is 5. The Morgan fingerprint density at radius 3 is 2.59 bits per heavy atom. The van der Waals surface area contributed by atoms with Crippen LogP contribution in [0.15, 0.2) is 59.1 Å². The van der Waals surface area contributed by atoms with Crippen LogP contribution in [0.1, 0.15) is 41.3 Å². The number of nitrogens with zero attached hydrogens (tertiary/aromatic N) is 2. The molecular weight excluding hydrogens is 388 g/mol. The highest BCUT2D eigenvalue weighted by Crippen LogP contribution is 2.30. The molecule has 2 aromatic carbocycles. The maximum atomic E-state index is 12.6. The molecule has 0 aromatic heterocycles. The van der Waals surface area contributed by atoms with Crippen molar-refractivity contribution < 1.29 is 9.59 Å². The van der Waals surface area contributed by atoms with E-state index in [0.29, 0.717) is 28.3 Å². The van der Waals surface area contributed by atoms with Crippen LogP contribution in [0.2, 0.25) is 5.02 Å². The van der Waals surface area contributed by atoms with E-state index in [1.165, 1.54) is 0 Å². The first-order valence-electron chi connectivity index (χ1n) is 9.23. The summed E-state index contributed by atoms with van der Waals surface area (Å²) in [5, 5.41) is 15.5. The summed E-state index contributed by atoms with van der Waals surface area (Å²) in [5.74, 6) is -0.570. The molecule has 0 radical (unpaired) electrons. The average molecular weight is 407 g/mol. The number of nitriles is 1. The molecule has 0 fully saturated rings. The molecule has 7 heteroatoms. The minimum atomic E-state index is -0.475. The van der Waals surface area contributed by atoms with Crippen molar-refractivity contribution in [3.8, 4) is 6.07 Å². The molecule has 1 aliphatic heterocycles. The van der Waals surface area contributed by atoms with Gasteiger partial charge >= 0.3 is 0 Å². The van der Waals surface area contributed by atoms with Crippen LogP contribution >= 0.6 is 11.6 Å². The molecule has 2 amide bonds. The van der Waals surface area contributed by atoms with Gasteiger partial charge in [0.1, 0.15) is 17.5 Å². The number of nitrogens with one attached hydrogen (secondary N) is 2. The lowest BCUT2D eigenvalue weighted by atomic mass is 10.0. The van der Waals surface area contributed by atoms with E-state index in [2.05, 4.69) is 15.6 Å². The predicted octanol–water partition coefficient (Wildman–Crippen LogP) is 3.68. The number of hydrogen-bond donors (Lipinski definition) is 2. The molecule has 2 aromatic rings. The largest absolute Gasteiger partial charge is 0.351 e. The minimum absolute atomic E-state index is 0.0828. The Hall–Kier alpha value is -3.43. The van der Waals surface area contributed by atoms with Crippen LogP contribution in [-0.4, -0.2) is 24.2 Å². The molecule has 6 nitrogen and oxygen atoms in total. The Balaban J connectivity index is 1.95. The van der Waals surface area contributed by atoms with Gasteiger partial charge in [-0.1, -0.05) is 55.3 Å². The van der Waals surface area contributed by atoms with Crippen molar-refractivity contribution in [2.75, 3.05) is 6.54 Å². The zero-order valence-electron chi connectivity index (χ0n) is 15.8. The molecule has 0 atom stereocenters. The number of carbonyl (C=O) groups excluding carboxylic acids is 2. The smallest absolute Gasteiger partial charge is 0.264 e. The van der Waals surface area contributed by atoms with Crippen molar-refractivity contribution >= 4 is 34.9 Å². The Bertz CT molecular complexity index is 1070. The molecular formula is C22H19ClN4O2. The Kier molecular flexibility index (Phi) is 6.43. The number of aliphatic imine (C=N–C) groups is 1. The van der Waals surface area contributed by atoms with Crippen LogP contribution in [0, 0.1) is 11.3 Å². The Morgan fingerprint density at radius 1 is 1.14 bits per heavy atom. The fourth-order valence-electron chi connectivity index (χ4n) is 2.90. The third-order valence-electron chi connectivity index (χ3n) is 4.37. The normalized spacial score (nSPS) is 13.8. The summed E-state index contributed by atoms with van der Waals surface area (Å²) in [6.45, 7) is 2.50. The fourth-order valence-corrected chi connectivity index (χ4v) is 3.09. The van der Waals surface area contributed by atoms with E-state index >= 15 is 0 Å². The van der Waals surface area contributed by atoms with E-state index in [1.807, 2.05) is 13.0 Å². The van der Waals surface area contributed by atoms with Crippen molar-refractivity contribution in [1.29, 1.82) is 5.26 Å². The SMILES string of the molecule is CCCCNC(=O)C(C#N)=C1N=C(NC(=O)c2cccc(Cl)c2)c2ccccc21. The van der Waals surface area contributed by atoms with Crippen molar-refractivity contribution in [3.05, 3.63) is 75.8 Å². The molecule has 1 heterocycles. The van der Waals surface area contributed by atoms with Gasteiger partial charge in [0.2, 0.25) is 0 Å². The molecule has 1 aliphatic rings. The molecule has 0 saturated heterocycles. The Morgan fingerprint density at radius 2 is 1.90 bits per heavy atom. The van der Waals surface area contributed by atoms with Crippen LogP contribution in [0.3, 0.4) is 0 Å². The van der Waals surface area contributed by atoms with E-state index in [0.717, 1.165) is 12.8 Å². The summed E-state index contributed by atoms with van der Waals surface area (Å²) < 4.78 is 0. The van der Waals surface area contributed by atoms with Crippen LogP contribution < -0.4 is 10.6 Å². The highest BCUT2D eigenvalue weighted by molar-refractivity contribution is 6.31. The fraction of sp³-hybridized carbons (Fsp3) is 0.182. The van der Waals surface area contributed by atoms with E-state index in [-0.39, 0.29) is 23.0 Å². The van der Waals surface area contributed by atoms with Gasteiger partial charge in [-0.3, -0.25) is 9.59 Å². The van der Waals surface area contributed by atoms with Crippen molar-refractivity contribution in [3.63, 3.8) is 0 Å². The highest BCUT2D eigenvalue weighted by atomic mass is 35.5. The third-order valence-corrected chi connectivity index (χ3v) is 4.61. The number of amides is 2. The number of fused-ring (bicyclic) bond motifs is 1. The topological polar surface area (TPSA) is 94.3 Å². The second-order valence-electron chi connectivity index (χ2n) is 6.42. The minimum Gasteiger partial charge on any atom is -0.351 e. The standard InChI is InChI=1S/C22H19ClN4O2/c1-2-3-11-25-22(29)18(13-24)19-16-9-4-5-10-17(16)20(26-19)27-21(28)14-7-6-8-15(23)12-14/h4-10,12H,2-3,11H2,1H3,(H,25,29)(H,26,27,28). The van der Waals surface area contributed by atoms with Gasteiger partial charge in [-0.05, 0) is 24.6 Å². The molecule has 2 N–H and O–H groups in total. The van der Waals surface area contributed by atoms with Crippen LogP contribution in [0.25, 0.3) is 5.70 Å². The van der Waals surface area contributed by atoms with E-state index in [1.54, 1.807) is 48.5 Å². The summed E-state index contributed by atoms with van der Waals surface area (Å²) >= 11 is 5.96. The molecule has 3 rings (SSSR count). The monoisotopic (exact) mass is 406 g/mol. The first kappa shape index (κ1) is 20.3. The van der Waals surface area contributed by atoms with E-state index in [9.17, 15) is 14.9 Å². The number of hydrogen-bond acceptors (Lipinski definition) is 4. The zero-order chi connectivity index (χ0) is 20.8.